The van der Waals surface area contributed by atoms with E-state index < -0.39 is 0 Å². The first-order valence-electron chi connectivity index (χ1n) is 10.5. The van der Waals surface area contributed by atoms with E-state index in [-0.39, 0.29) is 5.91 Å². The first-order chi connectivity index (χ1) is 12.8. The normalized spacial score (nSPS) is 21.1. The molecule has 4 nitrogen and oxygen atoms in total. The van der Waals surface area contributed by atoms with Crippen molar-refractivity contribution in [3.8, 4) is 5.75 Å². The van der Waals surface area contributed by atoms with E-state index in [1.807, 2.05) is 24.3 Å². The fourth-order valence-electron chi connectivity index (χ4n) is 4.10. The standard InChI is InChI=1S/C22H34N2O2/c1-2-3-18-26-21-11-9-19(10-12-21)22(25)24-16-5-4-8-20(24)13-17-23-14-6-7-15-23/h9-12,20H,2-8,13-18H2,1H3. The molecule has 0 radical (unpaired) electrons. The number of ether oxygens (including phenoxy) is 1. The fraction of sp³-hybridized carbons (Fsp3) is 0.682. The van der Waals surface area contributed by atoms with Crippen molar-refractivity contribution >= 4 is 5.91 Å². The molecule has 0 saturated carbocycles. The van der Waals surface area contributed by atoms with Gasteiger partial charge in [-0.25, -0.2) is 0 Å². The van der Waals surface area contributed by atoms with Gasteiger partial charge in [-0.15, -0.1) is 0 Å². The summed E-state index contributed by atoms with van der Waals surface area (Å²) in [6.07, 6.45) is 9.50. The molecule has 0 bridgehead atoms. The van der Waals surface area contributed by atoms with Crippen LogP contribution in [-0.2, 0) is 0 Å². The molecule has 1 aromatic carbocycles. The van der Waals surface area contributed by atoms with Crippen molar-refractivity contribution in [2.45, 2.75) is 64.3 Å². The minimum atomic E-state index is 0.191. The van der Waals surface area contributed by atoms with Gasteiger partial charge < -0.3 is 14.5 Å². The van der Waals surface area contributed by atoms with Crippen LogP contribution >= 0.6 is 0 Å². The molecule has 1 amide bonds. The van der Waals surface area contributed by atoms with Gasteiger partial charge in [-0.05, 0) is 82.3 Å². The zero-order valence-electron chi connectivity index (χ0n) is 16.3. The van der Waals surface area contributed by atoms with Gasteiger partial charge in [0.25, 0.3) is 5.91 Å². The molecule has 1 aromatic rings. The summed E-state index contributed by atoms with van der Waals surface area (Å²) in [4.78, 5) is 17.7. The zero-order chi connectivity index (χ0) is 18.2. The van der Waals surface area contributed by atoms with Crippen molar-refractivity contribution in [2.75, 3.05) is 32.8 Å². The summed E-state index contributed by atoms with van der Waals surface area (Å²) >= 11 is 0. The molecule has 0 aliphatic carbocycles. The number of benzene rings is 1. The second-order valence-corrected chi connectivity index (χ2v) is 7.71. The quantitative estimate of drug-likeness (QED) is 0.648. The molecule has 2 aliphatic rings. The molecule has 0 aromatic heterocycles. The summed E-state index contributed by atoms with van der Waals surface area (Å²) in [5.74, 6) is 1.05. The monoisotopic (exact) mass is 358 g/mol. The highest BCUT2D eigenvalue weighted by Crippen LogP contribution is 2.24. The Kier molecular flexibility index (Phi) is 7.36. The molecular formula is C22H34N2O2. The fourth-order valence-corrected chi connectivity index (χ4v) is 4.10. The SMILES string of the molecule is CCCCOc1ccc(C(=O)N2CCCCC2CCN2CCCC2)cc1. The van der Waals surface area contributed by atoms with E-state index in [1.165, 1.54) is 32.4 Å². The van der Waals surface area contributed by atoms with Crippen molar-refractivity contribution in [1.82, 2.24) is 9.80 Å². The first-order valence-corrected chi connectivity index (χ1v) is 10.5. The van der Waals surface area contributed by atoms with E-state index in [0.29, 0.717) is 6.04 Å². The average molecular weight is 359 g/mol. The summed E-state index contributed by atoms with van der Waals surface area (Å²) in [6, 6.07) is 8.13. The van der Waals surface area contributed by atoms with Gasteiger partial charge in [0.15, 0.2) is 0 Å². The summed E-state index contributed by atoms with van der Waals surface area (Å²) < 4.78 is 5.71. The van der Waals surface area contributed by atoms with Crippen LogP contribution in [0, 0.1) is 0 Å². The summed E-state index contributed by atoms with van der Waals surface area (Å²) in [6.45, 7) is 7.41. The van der Waals surface area contributed by atoms with Gasteiger partial charge >= 0.3 is 0 Å². The lowest BCUT2D eigenvalue weighted by Gasteiger charge is -2.36. The first kappa shape index (κ1) is 19.2. The minimum absolute atomic E-state index is 0.191. The van der Waals surface area contributed by atoms with Crippen LogP contribution in [0.4, 0.5) is 0 Å². The van der Waals surface area contributed by atoms with Gasteiger partial charge in [0, 0.05) is 24.7 Å². The van der Waals surface area contributed by atoms with Crippen molar-refractivity contribution in [3.63, 3.8) is 0 Å². The van der Waals surface area contributed by atoms with E-state index in [2.05, 4.69) is 16.7 Å². The van der Waals surface area contributed by atoms with Crippen LogP contribution in [-0.4, -0.2) is 54.5 Å². The Balaban J connectivity index is 1.56. The third-order valence-electron chi connectivity index (χ3n) is 5.73. The molecule has 4 heteroatoms. The highest BCUT2D eigenvalue weighted by Gasteiger charge is 2.28. The second-order valence-electron chi connectivity index (χ2n) is 7.71. The third-order valence-corrected chi connectivity index (χ3v) is 5.73. The van der Waals surface area contributed by atoms with E-state index in [0.717, 1.165) is 63.1 Å². The maximum absolute atomic E-state index is 13.0. The van der Waals surface area contributed by atoms with Gasteiger partial charge in [-0.3, -0.25) is 4.79 Å². The van der Waals surface area contributed by atoms with Gasteiger partial charge in [0.2, 0.25) is 0 Å². The maximum Gasteiger partial charge on any atom is 0.254 e. The molecule has 0 spiro atoms. The number of unbranched alkanes of at least 4 members (excludes halogenated alkanes) is 1. The van der Waals surface area contributed by atoms with Crippen molar-refractivity contribution in [3.05, 3.63) is 29.8 Å². The molecule has 26 heavy (non-hydrogen) atoms. The highest BCUT2D eigenvalue weighted by atomic mass is 16.5. The molecular weight excluding hydrogens is 324 g/mol. The molecule has 0 N–H and O–H groups in total. The van der Waals surface area contributed by atoms with E-state index in [1.54, 1.807) is 0 Å². The number of nitrogens with zero attached hydrogens (tertiary/aromatic N) is 2. The van der Waals surface area contributed by atoms with E-state index >= 15 is 0 Å². The molecule has 1 atom stereocenters. The number of carbonyl (C=O) groups excluding carboxylic acids is 1. The maximum atomic E-state index is 13.0. The van der Waals surface area contributed by atoms with Crippen LogP contribution in [0.1, 0.15) is 68.6 Å². The van der Waals surface area contributed by atoms with Crippen LogP contribution in [0.3, 0.4) is 0 Å². The molecule has 2 fully saturated rings. The van der Waals surface area contributed by atoms with Crippen molar-refractivity contribution in [2.24, 2.45) is 0 Å². The molecule has 2 saturated heterocycles. The predicted molar refractivity (Wildman–Crippen MR) is 106 cm³/mol. The van der Waals surface area contributed by atoms with Crippen molar-refractivity contribution < 1.29 is 9.53 Å². The number of rotatable bonds is 8. The summed E-state index contributed by atoms with van der Waals surface area (Å²) in [5, 5.41) is 0. The van der Waals surface area contributed by atoms with E-state index in [9.17, 15) is 4.79 Å². The topological polar surface area (TPSA) is 32.8 Å². The largest absolute Gasteiger partial charge is 0.494 e. The Bertz CT molecular complexity index is 552. The lowest BCUT2D eigenvalue weighted by atomic mass is 9.98. The molecule has 1 unspecified atom stereocenters. The third kappa shape index (κ3) is 5.23. The Hall–Kier alpha value is -1.55. The van der Waals surface area contributed by atoms with Crippen LogP contribution in [0.5, 0.6) is 5.75 Å². The van der Waals surface area contributed by atoms with Gasteiger partial charge in [0.1, 0.15) is 5.75 Å². The van der Waals surface area contributed by atoms with Crippen LogP contribution in [0.25, 0.3) is 0 Å². The Labute approximate surface area is 158 Å². The van der Waals surface area contributed by atoms with E-state index in [4.69, 9.17) is 4.74 Å². The molecule has 2 aliphatic heterocycles. The zero-order valence-corrected chi connectivity index (χ0v) is 16.3. The molecule has 2 heterocycles. The van der Waals surface area contributed by atoms with Crippen LogP contribution in [0.2, 0.25) is 0 Å². The number of piperidine rings is 1. The predicted octanol–water partition coefficient (Wildman–Crippen LogP) is 4.35. The number of amides is 1. The van der Waals surface area contributed by atoms with Gasteiger partial charge in [0.05, 0.1) is 6.61 Å². The van der Waals surface area contributed by atoms with Crippen LogP contribution in [0.15, 0.2) is 24.3 Å². The Morgan fingerprint density at radius 2 is 1.81 bits per heavy atom. The summed E-state index contributed by atoms with van der Waals surface area (Å²) in [5.41, 5.74) is 0.793. The number of hydrogen-bond donors (Lipinski definition) is 0. The Morgan fingerprint density at radius 3 is 2.54 bits per heavy atom. The Morgan fingerprint density at radius 1 is 1.08 bits per heavy atom. The lowest BCUT2D eigenvalue weighted by Crippen LogP contribution is -2.45. The molecule has 3 rings (SSSR count). The highest BCUT2D eigenvalue weighted by molar-refractivity contribution is 5.94. The van der Waals surface area contributed by atoms with Gasteiger partial charge in [-0.2, -0.15) is 0 Å². The number of carbonyl (C=O) groups is 1. The minimum Gasteiger partial charge on any atom is -0.494 e. The summed E-state index contributed by atoms with van der Waals surface area (Å²) in [7, 11) is 0. The molecule has 144 valence electrons. The second kappa shape index (κ2) is 9.96. The van der Waals surface area contributed by atoms with Crippen molar-refractivity contribution in [1.29, 1.82) is 0 Å². The van der Waals surface area contributed by atoms with Gasteiger partial charge in [-0.1, -0.05) is 13.3 Å². The average Bonchev–Trinajstić information content (AvgIpc) is 3.20. The smallest absolute Gasteiger partial charge is 0.254 e. The van der Waals surface area contributed by atoms with Crippen LogP contribution < -0.4 is 4.74 Å². The number of likely N-dealkylation sites (tertiary alicyclic amines) is 2. The number of hydrogen-bond acceptors (Lipinski definition) is 3. The lowest BCUT2D eigenvalue weighted by molar-refractivity contribution is 0.0588.